The number of nitrogens with one attached hydrogen (secondary N) is 3. The average molecular weight is 729 g/mol. The number of carbonyl (C=O) groups excluding carboxylic acids is 3. The van der Waals surface area contributed by atoms with Crippen LogP contribution in [0.1, 0.15) is 28.4 Å². The van der Waals surface area contributed by atoms with Crippen LogP contribution < -0.4 is 20.7 Å². The average Bonchev–Trinajstić information content (AvgIpc) is 3.64. The van der Waals surface area contributed by atoms with Gasteiger partial charge < -0.3 is 20.7 Å². The molecule has 0 spiro atoms. The number of halogens is 1. The maximum Gasteiger partial charge on any atom is 0.272 e. The third-order valence-corrected chi connectivity index (χ3v) is 9.51. The van der Waals surface area contributed by atoms with Crippen molar-refractivity contribution >= 4 is 57.7 Å². The van der Waals surface area contributed by atoms with Crippen LogP contribution in [0.2, 0.25) is 0 Å². The van der Waals surface area contributed by atoms with Crippen molar-refractivity contribution < 1.29 is 23.5 Å². The molecule has 1 atom stereocenters. The smallest absolute Gasteiger partial charge is 0.272 e. The van der Waals surface area contributed by atoms with E-state index in [0.717, 1.165) is 16.0 Å². The molecule has 0 fully saturated rings. The molecule has 0 saturated heterocycles. The van der Waals surface area contributed by atoms with Gasteiger partial charge in [0.2, 0.25) is 5.91 Å². The largest absolute Gasteiger partial charge is 0.489 e. The van der Waals surface area contributed by atoms with Gasteiger partial charge in [-0.2, -0.15) is 0 Å². The molecule has 6 rings (SSSR count). The quantitative estimate of drug-likeness (QED) is 0.0809. The third kappa shape index (κ3) is 10.0. The number of amides is 3. The highest BCUT2D eigenvalue weighted by atomic mass is 32.2. The maximum absolute atomic E-state index is 13.5. The molecule has 0 aliphatic carbocycles. The number of aromatic nitrogens is 1. The third-order valence-electron chi connectivity index (χ3n) is 7.64. The fourth-order valence-corrected chi connectivity index (χ4v) is 6.46. The van der Waals surface area contributed by atoms with Crippen molar-refractivity contribution in [3.8, 4) is 17.0 Å². The van der Waals surface area contributed by atoms with E-state index in [2.05, 4.69) is 20.9 Å². The minimum Gasteiger partial charge on any atom is -0.489 e. The van der Waals surface area contributed by atoms with E-state index < -0.39 is 17.1 Å². The zero-order valence-electron chi connectivity index (χ0n) is 27.9. The molecule has 1 aromatic heterocycles. The van der Waals surface area contributed by atoms with Crippen LogP contribution in [0.25, 0.3) is 17.3 Å². The van der Waals surface area contributed by atoms with Gasteiger partial charge >= 0.3 is 0 Å². The van der Waals surface area contributed by atoms with Crippen molar-refractivity contribution in [1.82, 2.24) is 10.3 Å². The van der Waals surface area contributed by atoms with Crippen LogP contribution in [0, 0.1) is 5.82 Å². The Labute approximate surface area is 308 Å². The first kappa shape index (κ1) is 35.8. The van der Waals surface area contributed by atoms with Gasteiger partial charge in [0.25, 0.3) is 11.8 Å². The first-order valence-electron chi connectivity index (χ1n) is 16.2. The predicted molar refractivity (Wildman–Crippen MR) is 206 cm³/mol. The summed E-state index contributed by atoms with van der Waals surface area (Å²) in [6, 6.07) is 38.8. The second-order valence-electron chi connectivity index (χ2n) is 11.5. The van der Waals surface area contributed by atoms with Crippen LogP contribution in [0.15, 0.2) is 149 Å². The van der Waals surface area contributed by atoms with E-state index in [0.29, 0.717) is 40.0 Å². The highest BCUT2D eigenvalue weighted by molar-refractivity contribution is 8.00. The van der Waals surface area contributed by atoms with E-state index in [1.54, 1.807) is 79.0 Å². The van der Waals surface area contributed by atoms with Gasteiger partial charge in [0.05, 0.1) is 10.9 Å². The van der Waals surface area contributed by atoms with E-state index in [9.17, 15) is 18.8 Å². The molecule has 0 aliphatic heterocycles. The first-order valence-corrected chi connectivity index (χ1v) is 18.0. The number of carbonyl (C=O) groups is 3. The minimum absolute atomic E-state index is 0.0559. The summed E-state index contributed by atoms with van der Waals surface area (Å²) in [6.07, 6.45) is 1.60. The van der Waals surface area contributed by atoms with Crippen LogP contribution in [0.3, 0.4) is 0 Å². The van der Waals surface area contributed by atoms with Gasteiger partial charge in [0.15, 0.2) is 5.13 Å². The van der Waals surface area contributed by atoms with Gasteiger partial charge in [-0.05, 0) is 96.9 Å². The Morgan fingerprint density at radius 3 is 2.19 bits per heavy atom. The van der Waals surface area contributed by atoms with E-state index in [1.807, 2.05) is 60.7 Å². The lowest BCUT2D eigenvalue weighted by Crippen LogP contribution is -2.30. The normalized spacial score (nSPS) is 11.7. The van der Waals surface area contributed by atoms with Crippen LogP contribution in [-0.2, 0) is 16.2 Å². The molecule has 0 bridgehead atoms. The molecule has 260 valence electrons. The van der Waals surface area contributed by atoms with Crippen molar-refractivity contribution in [2.45, 2.75) is 23.7 Å². The van der Waals surface area contributed by atoms with Gasteiger partial charge in [-0.1, -0.05) is 60.7 Å². The molecule has 3 amide bonds. The van der Waals surface area contributed by atoms with E-state index in [1.165, 1.54) is 35.2 Å². The van der Waals surface area contributed by atoms with Crippen LogP contribution in [0.4, 0.5) is 15.2 Å². The highest BCUT2D eigenvalue weighted by Gasteiger charge is 2.18. The standard InChI is InChI=1S/C41H33FN4O4S2/c1-27(38(47)46-41-45-37(26-51-41)30-14-16-32(42)17-15-30)52-35-22-18-33(19-23-35)43-40(49)36(44-39(48)31-10-6-3-7-11-31)24-28-12-20-34(21-13-28)50-25-29-8-4-2-5-9-29/h2-24,26-27H,25H2,1H3,(H,43,49)(H,44,48)(H,45,46,47)/b36-24-. The molecule has 0 radical (unpaired) electrons. The van der Waals surface area contributed by atoms with Crippen molar-refractivity contribution in [2.75, 3.05) is 10.6 Å². The van der Waals surface area contributed by atoms with Gasteiger partial charge in [0, 0.05) is 27.1 Å². The lowest BCUT2D eigenvalue weighted by Gasteiger charge is -2.13. The number of hydrogen-bond acceptors (Lipinski definition) is 7. The Morgan fingerprint density at radius 2 is 1.50 bits per heavy atom. The number of nitrogens with zero attached hydrogens (tertiary/aromatic N) is 1. The second kappa shape index (κ2) is 17.3. The summed E-state index contributed by atoms with van der Waals surface area (Å²) in [5, 5.41) is 10.3. The Bertz CT molecular complexity index is 2160. The maximum atomic E-state index is 13.5. The predicted octanol–water partition coefficient (Wildman–Crippen LogP) is 9.06. The number of anilines is 2. The lowest BCUT2D eigenvalue weighted by molar-refractivity contribution is -0.115. The zero-order chi connectivity index (χ0) is 36.3. The SMILES string of the molecule is CC(Sc1ccc(NC(=O)/C(=C/c2ccc(OCc3ccccc3)cc2)NC(=O)c2ccccc2)cc1)C(=O)Nc1nc(-c2ccc(F)cc2)cs1. The Balaban J connectivity index is 1.08. The molecule has 1 unspecified atom stereocenters. The number of thioether (sulfide) groups is 1. The summed E-state index contributed by atoms with van der Waals surface area (Å²) in [7, 11) is 0. The number of ether oxygens (including phenoxy) is 1. The lowest BCUT2D eigenvalue weighted by atomic mass is 10.1. The molecular weight excluding hydrogens is 696 g/mol. The van der Waals surface area contributed by atoms with Crippen LogP contribution in [0.5, 0.6) is 5.75 Å². The monoisotopic (exact) mass is 728 g/mol. The van der Waals surface area contributed by atoms with E-state index in [4.69, 9.17) is 4.74 Å². The Hall–Kier alpha value is -6.04. The molecule has 3 N–H and O–H groups in total. The summed E-state index contributed by atoms with van der Waals surface area (Å²) in [4.78, 5) is 44.8. The number of thiazole rings is 1. The summed E-state index contributed by atoms with van der Waals surface area (Å²) in [5.74, 6) is -0.809. The molecular formula is C41H33FN4O4S2. The Kier molecular flexibility index (Phi) is 11.9. The Morgan fingerprint density at radius 1 is 0.827 bits per heavy atom. The van der Waals surface area contributed by atoms with Crippen LogP contribution in [-0.4, -0.2) is 28.0 Å². The summed E-state index contributed by atoms with van der Waals surface area (Å²) >= 11 is 2.64. The number of hydrogen-bond donors (Lipinski definition) is 3. The topological polar surface area (TPSA) is 109 Å². The van der Waals surface area contributed by atoms with Crippen molar-refractivity contribution in [2.24, 2.45) is 0 Å². The first-order chi connectivity index (χ1) is 25.3. The molecule has 5 aromatic carbocycles. The van der Waals surface area contributed by atoms with Gasteiger partial charge in [-0.3, -0.25) is 14.4 Å². The molecule has 6 aromatic rings. The highest BCUT2D eigenvalue weighted by Crippen LogP contribution is 2.28. The van der Waals surface area contributed by atoms with E-state index in [-0.39, 0.29) is 17.4 Å². The fraction of sp³-hybridized carbons (Fsp3) is 0.0732. The number of benzene rings is 5. The molecule has 0 saturated carbocycles. The molecule has 8 nitrogen and oxygen atoms in total. The van der Waals surface area contributed by atoms with Crippen molar-refractivity contribution in [1.29, 1.82) is 0 Å². The molecule has 1 heterocycles. The number of rotatable bonds is 13. The summed E-state index contributed by atoms with van der Waals surface area (Å²) < 4.78 is 19.2. The van der Waals surface area contributed by atoms with Crippen molar-refractivity contribution in [3.05, 3.63) is 167 Å². The molecule has 11 heteroatoms. The minimum atomic E-state index is -0.509. The summed E-state index contributed by atoms with van der Waals surface area (Å²) in [6.45, 7) is 2.21. The fourth-order valence-electron chi connectivity index (χ4n) is 4.87. The van der Waals surface area contributed by atoms with Gasteiger partial charge in [0.1, 0.15) is 23.9 Å². The van der Waals surface area contributed by atoms with E-state index >= 15 is 0 Å². The van der Waals surface area contributed by atoms with Gasteiger partial charge in [-0.25, -0.2) is 9.37 Å². The molecule has 0 aliphatic rings. The zero-order valence-corrected chi connectivity index (χ0v) is 29.5. The van der Waals surface area contributed by atoms with Gasteiger partial charge in [-0.15, -0.1) is 23.1 Å². The van der Waals surface area contributed by atoms with Crippen LogP contribution >= 0.6 is 23.1 Å². The van der Waals surface area contributed by atoms with Crippen molar-refractivity contribution in [3.63, 3.8) is 0 Å². The summed E-state index contributed by atoms with van der Waals surface area (Å²) in [5.41, 5.74) is 4.12. The second-order valence-corrected chi connectivity index (χ2v) is 13.8. The molecule has 52 heavy (non-hydrogen) atoms.